The Morgan fingerprint density at radius 3 is 2.54 bits per heavy atom. The van der Waals surface area contributed by atoms with Gasteiger partial charge in [0.05, 0.1) is 17.9 Å². The van der Waals surface area contributed by atoms with Crippen LogP contribution >= 0.6 is 11.3 Å². The lowest BCUT2D eigenvalue weighted by atomic mass is 10.1. The molecule has 12 heteroatoms. The second-order valence-corrected chi connectivity index (χ2v) is 10.9. The van der Waals surface area contributed by atoms with E-state index in [0.29, 0.717) is 28.0 Å². The summed E-state index contributed by atoms with van der Waals surface area (Å²) in [5.41, 5.74) is 1.68. The third-order valence-electron chi connectivity index (χ3n) is 5.54. The lowest BCUT2D eigenvalue weighted by Crippen LogP contribution is -2.28. The number of anilines is 2. The second-order valence-electron chi connectivity index (χ2n) is 8.05. The SMILES string of the molecule is COc1ccc(N2CC(C(=O)Nc3nnc(CCNS(=O)(=O)c4ccc(C)cc4)s3)CC2=O)cc1. The molecule has 2 aromatic carbocycles. The largest absolute Gasteiger partial charge is 0.497 e. The van der Waals surface area contributed by atoms with Gasteiger partial charge in [-0.2, -0.15) is 0 Å². The lowest BCUT2D eigenvalue weighted by molar-refractivity contribution is -0.122. The Balaban J connectivity index is 1.28. The van der Waals surface area contributed by atoms with Crippen LogP contribution in [0.5, 0.6) is 5.75 Å². The number of sulfonamides is 1. The molecular formula is C23H25N5O5S2. The molecule has 3 aromatic rings. The monoisotopic (exact) mass is 515 g/mol. The number of hydrogen-bond donors (Lipinski definition) is 2. The van der Waals surface area contributed by atoms with Crippen LogP contribution in [-0.4, -0.2) is 50.6 Å². The zero-order chi connectivity index (χ0) is 25.0. The van der Waals surface area contributed by atoms with Gasteiger partial charge in [-0.1, -0.05) is 29.0 Å². The van der Waals surface area contributed by atoms with Gasteiger partial charge < -0.3 is 15.0 Å². The number of aryl methyl sites for hydroxylation is 1. The second kappa shape index (κ2) is 10.5. The summed E-state index contributed by atoms with van der Waals surface area (Å²) in [6, 6.07) is 13.7. The van der Waals surface area contributed by atoms with E-state index in [0.717, 1.165) is 5.56 Å². The van der Waals surface area contributed by atoms with Gasteiger partial charge in [0, 0.05) is 31.6 Å². The summed E-state index contributed by atoms with van der Waals surface area (Å²) < 4.78 is 32.4. The van der Waals surface area contributed by atoms with Crippen molar-refractivity contribution >= 4 is 44.0 Å². The average molecular weight is 516 g/mol. The fourth-order valence-electron chi connectivity index (χ4n) is 3.60. The number of amides is 2. The average Bonchev–Trinajstić information content (AvgIpc) is 3.45. The number of benzene rings is 2. The number of methoxy groups -OCH3 is 1. The van der Waals surface area contributed by atoms with Crippen molar-refractivity contribution in [2.75, 3.05) is 30.4 Å². The van der Waals surface area contributed by atoms with Crippen LogP contribution in [0.15, 0.2) is 53.4 Å². The molecule has 0 saturated carbocycles. The maximum absolute atomic E-state index is 12.7. The van der Waals surface area contributed by atoms with E-state index in [9.17, 15) is 18.0 Å². The molecule has 1 fully saturated rings. The molecule has 1 saturated heterocycles. The van der Waals surface area contributed by atoms with Gasteiger partial charge in [-0.05, 0) is 43.3 Å². The first-order chi connectivity index (χ1) is 16.7. The van der Waals surface area contributed by atoms with Crippen LogP contribution in [0.3, 0.4) is 0 Å². The van der Waals surface area contributed by atoms with E-state index in [-0.39, 0.29) is 36.2 Å². The fourth-order valence-corrected chi connectivity index (χ4v) is 5.37. The molecule has 2 amide bonds. The van der Waals surface area contributed by atoms with Gasteiger partial charge in [-0.25, -0.2) is 13.1 Å². The van der Waals surface area contributed by atoms with E-state index in [1.807, 2.05) is 6.92 Å². The minimum Gasteiger partial charge on any atom is -0.497 e. The molecule has 1 aromatic heterocycles. The van der Waals surface area contributed by atoms with Gasteiger partial charge in [0.2, 0.25) is 27.0 Å². The highest BCUT2D eigenvalue weighted by Crippen LogP contribution is 2.28. The van der Waals surface area contributed by atoms with Gasteiger partial charge >= 0.3 is 0 Å². The van der Waals surface area contributed by atoms with Crippen molar-refractivity contribution in [2.45, 2.75) is 24.7 Å². The van der Waals surface area contributed by atoms with Crippen LogP contribution in [0.25, 0.3) is 0 Å². The predicted octanol–water partition coefficient (Wildman–Crippen LogP) is 2.37. The van der Waals surface area contributed by atoms with Gasteiger partial charge in [0.1, 0.15) is 10.8 Å². The zero-order valence-corrected chi connectivity index (χ0v) is 20.9. The van der Waals surface area contributed by atoms with Crippen LogP contribution in [0.2, 0.25) is 0 Å². The van der Waals surface area contributed by atoms with Crippen molar-refractivity contribution in [2.24, 2.45) is 5.92 Å². The van der Waals surface area contributed by atoms with Crippen LogP contribution in [0.4, 0.5) is 10.8 Å². The third kappa shape index (κ3) is 6.02. The Morgan fingerprint density at radius 1 is 1.14 bits per heavy atom. The Hall–Kier alpha value is -3.35. The minimum absolute atomic E-state index is 0.102. The first-order valence-electron chi connectivity index (χ1n) is 10.9. The minimum atomic E-state index is -3.61. The number of aromatic nitrogens is 2. The maximum Gasteiger partial charge on any atom is 0.240 e. The van der Waals surface area contributed by atoms with Crippen molar-refractivity contribution in [1.29, 1.82) is 0 Å². The van der Waals surface area contributed by atoms with Crippen LogP contribution in [0, 0.1) is 12.8 Å². The molecule has 35 heavy (non-hydrogen) atoms. The van der Waals surface area contributed by atoms with Crippen LogP contribution in [-0.2, 0) is 26.0 Å². The summed E-state index contributed by atoms with van der Waals surface area (Å²) in [5.74, 6) is -0.269. The van der Waals surface area contributed by atoms with E-state index in [4.69, 9.17) is 4.74 Å². The van der Waals surface area contributed by atoms with Crippen molar-refractivity contribution in [1.82, 2.24) is 14.9 Å². The molecule has 184 valence electrons. The smallest absolute Gasteiger partial charge is 0.240 e. The summed E-state index contributed by atoms with van der Waals surface area (Å²) in [6.07, 6.45) is 0.427. The van der Waals surface area contributed by atoms with Gasteiger partial charge in [0.15, 0.2) is 0 Å². The lowest BCUT2D eigenvalue weighted by Gasteiger charge is -2.16. The number of nitrogens with one attached hydrogen (secondary N) is 2. The summed E-state index contributed by atoms with van der Waals surface area (Å²) >= 11 is 1.17. The number of carbonyl (C=O) groups is 2. The van der Waals surface area contributed by atoms with Crippen LogP contribution in [0.1, 0.15) is 17.0 Å². The molecule has 4 rings (SSSR count). The van der Waals surface area contributed by atoms with Gasteiger partial charge in [-0.15, -0.1) is 10.2 Å². The molecule has 0 spiro atoms. The van der Waals surface area contributed by atoms with Gasteiger partial charge in [0.25, 0.3) is 0 Å². The Bertz CT molecular complexity index is 1310. The summed E-state index contributed by atoms with van der Waals surface area (Å²) in [7, 11) is -2.05. The summed E-state index contributed by atoms with van der Waals surface area (Å²) in [5, 5.41) is 11.6. The van der Waals surface area contributed by atoms with E-state index in [1.54, 1.807) is 60.5 Å². The zero-order valence-electron chi connectivity index (χ0n) is 19.2. The third-order valence-corrected chi connectivity index (χ3v) is 7.91. The molecular weight excluding hydrogens is 490 g/mol. The fraction of sp³-hybridized carbons (Fsp3) is 0.304. The van der Waals surface area contributed by atoms with Crippen molar-refractivity contribution < 1.29 is 22.7 Å². The van der Waals surface area contributed by atoms with E-state index in [1.165, 1.54) is 11.3 Å². The number of nitrogens with zero attached hydrogens (tertiary/aromatic N) is 3. The number of carbonyl (C=O) groups excluding carboxylic acids is 2. The van der Waals surface area contributed by atoms with E-state index < -0.39 is 15.9 Å². The molecule has 10 nitrogen and oxygen atoms in total. The van der Waals surface area contributed by atoms with E-state index >= 15 is 0 Å². The highest BCUT2D eigenvalue weighted by Gasteiger charge is 2.35. The Labute approximate surface area is 207 Å². The van der Waals surface area contributed by atoms with Crippen molar-refractivity contribution in [3.63, 3.8) is 0 Å². The number of hydrogen-bond acceptors (Lipinski definition) is 8. The molecule has 0 radical (unpaired) electrons. The highest BCUT2D eigenvalue weighted by atomic mass is 32.2. The normalized spacial score (nSPS) is 15.9. The summed E-state index contributed by atoms with van der Waals surface area (Å²) in [6.45, 7) is 2.30. The molecule has 2 N–H and O–H groups in total. The maximum atomic E-state index is 12.7. The molecule has 0 bridgehead atoms. The predicted molar refractivity (Wildman–Crippen MR) is 132 cm³/mol. The Kier molecular flexibility index (Phi) is 7.43. The van der Waals surface area contributed by atoms with Crippen molar-refractivity contribution in [3.05, 3.63) is 59.1 Å². The Morgan fingerprint density at radius 2 is 1.86 bits per heavy atom. The molecule has 2 heterocycles. The number of ether oxygens (including phenoxy) is 1. The first-order valence-corrected chi connectivity index (χ1v) is 13.2. The summed E-state index contributed by atoms with van der Waals surface area (Å²) in [4.78, 5) is 26.9. The molecule has 1 aliphatic rings. The molecule has 0 aliphatic carbocycles. The van der Waals surface area contributed by atoms with Crippen LogP contribution < -0.4 is 19.7 Å². The first kappa shape index (κ1) is 24.8. The molecule has 1 aliphatic heterocycles. The van der Waals surface area contributed by atoms with Crippen molar-refractivity contribution in [3.8, 4) is 5.75 Å². The topological polar surface area (TPSA) is 131 Å². The number of rotatable bonds is 9. The van der Waals surface area contributed by atoms with Gasteiger partial charge in [-0.3, -0.25) is 9.59 Å². The molecule has 1 atom stereocenters. The standard InChI is InChI=1S/C23H25N5O5S2/c1-15-3-9-19(10-4-15)35(31,32)24-12-11-20-26-27-23(34-20)25-22(30)16-13-21(29)28(14-16)17-5-7-18(33-2)8-6-17/h3-10,16,24H,11-14H2,1-2H3,(H,25,27,30). The highest BCUT2D eigenvalue weighted by molar-refractivity contribution is 7.89. The quantitative estimate of drug-likeness (QED) is 0.447. The molecule has 1 unspecified atom stereocenters. The van der Waals surface area contributed by atoms with E-state index in [2.05, 4.69) is 20.2 Å².